The molecule has 0 atom stereocenters. The summed E-state index contributed by atoms with van der Waals surface area (Å²) in [5.41, 5.74) is 2.39. The van der Waals surface area contributed by atoms with Crippen molar-refractivity contribution in [2.75, 3.05) is 5.32 Å². The minimum atomic E-state index is -3.00. The molecule has 0 saturated carbocycles. The molecule has 0 aromatic heterocycles. The van der Waals surface area contributed by atoms with Crippen LogP contribution in [0.4, 0.5) is 14.5 Å². The van der Waals surface area contributed by atoms with Gasteiger partial charge in [0.15, 0.2) is 0 Å². The third kappa shape index (κ3) is 4.88. The van der Waals surface area contributed by atoms with Crippen LogP contribution in [0.1, 0.15) is 16.7 Å². The lowest BCUT2D eigenvalue weighted by atomic mass is 10.1. The highest BCUT2D eigenvalue weighted by Crippen LogP contribution is 2.23. The number of amides is 1. The van der Waals surface area contributed by atoms with Gasteiger partial charge in [-0.15, -0.1) is 0 Å². The minimum Gasteiger partial charge on any atom is -0.434 e. The first-order valence-electron chi connectivity index (χ1n) is 7.45. The van der Waals surface area contributed by atoms with Crippen LogP contribution in [0.2, 0.25) is 0 Å². The maximum absolute atomic E-state index is 12.5. The van der Waals surface area contributed by atoms with Crippen LogP contribution in [0.25, 0.3) is 6.08 Å². The number of hydrogen-bond acceptors (Lipinski definition) is 3. The Morgan fingerprint density at radius 1 is 1.24 bits per heavy atom. The Bertz CT molecular complexity index is 855. The van der Waals surface area contributed by atoms with Crippen molar-refractivity contribution >= 4 is 17.7 Å². The van der Waals surface area contributed by atoms with E-state index < -0.39 is 12.5 Å². The first-order valence-corrected chi connectivity index (χ1v) is 7.45. The summed E-state index contributed by atoms with van der Waals surface area (Å²) in [6, 6.07) is 13.3. The summed E-state index contributed by atoms with van der Waals surface area (Å²) in [7, 11) is 0. The van der Waals surface area contributed by atoms with Crippen LogP contribution in [-0.4, -0.2) is 12.5 Å². The highest BCUT2D eigenvalue weighted by molar-refractivity contribution is 6.10. The van der Waals surface area contributed by atoms with E-state index in [1.165, 1.54) is 24.3 Å². The van der Waals surface area contributed by atoms with Crippen LogP contribution in [0.3, 0.4) is 0 Å². The lowest BCUT2D eigenvalue weighted by Crippen LogP contribution is -2.14. The van der Waals surface area contributed by atoms with Gasteiger partial charge in [-0.1, -0.05) is 30.3 Å². The van der Waals surface area contributed by atoms with E-state index in [9.17, 15) is 18.8 Å². The number of nitrogens with zero attached hydrogens (tertiary/aromatic N) is 1. The molecule has 1 amide bonds. The van der Waals surface area contributed by atoms with Crippen LogP contribution in [0, 0.1) is 25.2 Å². The minimum absolute atomic E-state index is 0.107. The summed E-state index contributed by atoms with van der Waals surface area (Å²) in [4.78, 5) is 12.4. The molecule has 0 aliphatic heterocycles. The molecule has 128 valence electrons. The molecule has 0 unspecified atom stereocenters. The van der Waals surface area contributed by atoms with Crippen molar-refractivity contribution in [1.82, 2.24) is 0 Å². The van der Waals surface area contributed by atoms with Crippen molar-refractivity contribution in [3.8, 4) is 11.8 Å². The number of benzene rings is 2. The van der Waals surface area contributed by atoms with Gasteiger partial charge in [-0.25, -0.2) is 0 Å². The molecule has 0 heterocycles. The number of alkyl halides is 2. The first kappa shape index (κ1) is 18.1. The lowest BCUT2D eigenvalue weighted by molar-refractivity contribution is -0.112. The van der Waals surface area contributed by atoms with Gasteiger partial charge in [0.1, 0.15) is 17.4 Å². The number of ether oxygens (including phenoxy) is 1. The third-order valence-corrected chi connectivity index (χ3v) is 3.44. The monoisotopic (exact) mass is 342 g/mol. The number of carbonyl (C=O) groups excluding carboxylic acids is 1. The SMILES string of the molecule is Cc1ccc(C)c(NC(=O)C(C#N)=Cc2ccccc2OC(F)F)c1. The van der Waals surface area contributed by atoms with E-state index in [1.54, 1.807) is 18.2 Å². The number of anilines is 1. The first-order chi connectivity index (χ1) is 11.9. The number of nitrogens with one attached hydrogen (secondary N) is 1. The fourth-order valence-electron chi connectivity index (χ4n) is 2.17. The molecule has 6 heteroatoms. The van der Waals surface area contributed by atoms with Crippen molar-refractivity contribution in [1.29, 1.82) is 5.26 Å². The summed E-state index contributed by atoms with van der Waals surface area (Å²) in [5, 5.41) is 11.9. The molecule has 1 N–H and O–H groups in total. The molecule has 0 aliphatic rings. The van der Waals surface area contributed by atoms with Gasteiger partial charge in [-0.05, 0) is 43.2 Å². The molecule has 0 bridgehead atoms. The molecule has 2 aromatic carbocycles. The average Bonchev–Trinajstić information content (AvgIpc) is 2.56. The molecule has 2 rings (SSSR count). The van der Waals surface area contributed by atoms with Crippen LogP contribution >= 0.6 is 0 Å². The van der Waals surface area contributed by atoms with E-state index >= 15 is 0 Å². The summed E-state index contributed by atoms with van der Waals surface area (Å²) >= 11 is 0. The van der Waals surface area contributed by atoms with E-state index in [2.05, 4.69) is 10.1 Å². The van der Waals surface area contributed by atoms with Crippen LogP contribution in [0.5, 0.6) is 5.75 Å². The van der Waals surface area contributed by atoms with Gasteiger partial charge in [0.2, 0.25) is 0 Å². The quantitative estimate of drug-likeness (QED) is 0.645. The zero-order chi connectivity index (χ0) is 18.4. The number of nitriles is 1. The number of aryl methyl sites for hydroxylation is 2. The highest BCUT2D eigenvalue weighted by Gasteiger charge is 2.14. The standard InChI is InChI=1S/C19H16F2N2O2/c1-12-7-8-13(2)16(9-12)23-18(24)15(11-22)10-14-5-3-4-6-17(14)25-19(20)21/h3-10,19H,1-2H3,(H,23,24). The number of halogens is 2. The Hall–Kier alpha value is -3.20. The maximum atomic E-state index is 12.5. The number of hydrogen-bond donors (Lipinski definition) is 1. The normalized spacial score (nSPS) is 11.1. The zero-order valence-electron chi connectivity index (χ0n) is 13.7. The fraction of sp³-hybridized carbons (Fsp3) is 0.158. The van der Waals surface area contributed by atoms with Crippen LogP contribution in [-0.2, 0) is 4.79 Å². The van der Waals surface area contributed by atoms with Crippen LogP contribution < -0.4 is 10.1 Å². The Labute approximate surface area is 144 Å². The van der Waals surface area contributed by atoms with Crippen molar-refractivity contribution in [3.05, 3.63) is 64.7 Å². The van der Waals surface area contributed by atoms with E-state index in [4.69, 9.17) is 0 Å². The topological polar surface area (TPSA) is 62.1 Å². The van der Waals surface area contributed by atoms with Gasteiger partial charge in [0.05, 0.1) is 0 Å². The summed E-state index contributed by atoms with van der Waals surface area (Å²) in [6.07, 6.45) is 1.22. The second-order valence-electron chi connectivity index (χ2n) is 5.36. The van der Waals surface area contributed by atoms with E-state index in [-0.39, 0.29) is 16.9 Å². The summed E-state index contributed by atoms with van der Waals surface area (Å²) in [6.45, 7) is 0.717. The molecule has 2 aromatic rings. The maximum Gasteiger partial charge on any atom is 0.387 e. The van der Waals surface area contributed by atoms with E-state index in [0.717, 1.165) is 11.1 Å². The van der Waals surface area contributed by atoms with Crippen molar-refractivity contribution in [2.45, 2.75) is 20.5 Å². The number of para-hydroxylation sites is 1. The van der Waals surface area contributed by atoms with Gasteiger partial charge in [-0.3, -0.25) is 4.79 Å². The van der Waals surface area contributed by atoms with Gasteiger partial charge in [-0.2, -0.15) is 14.0 Å². The Kier molecular flexibility index (Phi) is 5.85. The molecular formula is C19H16F2N2O2. The molecular weight excluding hydrogens is 326 g/mol. The predicted molar refractivity (Wildman–Crippen MR) is 91.2 cm³/mol. The lowest BCUT2D eigenvalue weighted by Gasteiger charge is -2.10. The largest absolute Gasteiger partial charge is 0.434 e. The molecule has 0 fully saturated rings. The van der Waals surface area contributed by atoms with Gasteiger partial charge < -0.3 is 10.1 Å². The van der Waals surface area contributed by atoms with Crippen molar-refractivity contribution < 1.29 is 18.3 Å². The van der Waals surface area contributed by atoms with Crippen molar-refractivity contribution in [2.24, 2.45) is 0 Å². The molecule has 0 spiro atoms. The number of carbonyl (C=O) groups is 1. The predicted octanol–water partition coefficient (Wildman–Crippen LogP) is 4.45. The third-order valence-electron chi connectivity index (χ3n) is 3.44. The second-order valence-corrected chi connectivity index (χ2v) is 5.36. The van der Waals surface area contributed by atoms with Gasteiger partial charge in [0, 0.05) is 11.3 Å². The van der Waals surface area contributed by atoms with E-state index in [1.807, 2.05) is 26.0 Å². The summed E-state index contributed by atoms with van der Waals surface area (Å²) < 4.78 is 29.3. The zero-order valence-corrected chi connectivity index (χ0v) is 13.7. The average molecular weight is 342 g/mol. The van der Waals surface area contributed by atoms with Crippen molar-refractivity contribution in [3.63, 3.8) is 0 Å². The fourth-order valence-corrected chi connectivity index (χ4v) is 2.17. The molecule has 25 heavy (non-hydrogen) atoms. The number of rotatable bonds is 5. The molecule has 4 nitrogen and oxygen atoms in total. The van der Waals surface area contributed by atoms with Crippen LogP contribution in [0.15, 0.2) is 48.0 Å². The molecule has 0 saturated heterocycles. The molecule has 0 radical (unpaired) electrons. The molecule has 0 aliphatic carbocycles. The Morgan fingerprint density at radius 2 is 1.96 bits per heavy atom. The second kappa shape index (κ2) is 8.06. The summed E-state index contributed by atoms with van der Waals surface area (Å²) in [5.74, 6) is -0.729. The van der Waals surface area contributed by atoms with Gasteiger partial charge in [0.25, 0.3) is 5.91 Å². The Morgan fingerprint density at radius 3 is 2.64 bits per heavy atom. The smallest absolute Gasteiger partial charge is 0.387 e. The van der Waals surface area contributed by atoms with Gasteiger partial charge >= 0.3 is 6.61 Å². The Balaban J connectivity index is 2.30. The highest BCUT2D eigenvalue weighted by atomic mass is 19.3. The van der Waals surface area contributed by atoms with E-state index in [0.29, 0.717) is 5.69 Å².